The van der Waals surface area contributed by atoms with Crippen LogP contribution in [0.4, 0.5) is 22.7 Å². The molecule has 1 heterocycles. The van der Waals surface area contributed by atoms with E-state index in [1.807, 2.05) is 48.5 Å². The van der Waals surface area contributed by atoms with Crippen molar-refractivity contribution in [3.8, 4) is 0 Å². The fraction of sp³-hybridized carbons (Fsp3) is 0.231. The highest BCUT2D eigenvalue weighted by Gasteiger charge is 2.21. The number of carboxylic acid groups (broad SMARTS) is 1. The Morgan fingerprint density at radius 3 is 2.42 bits per heavy atom. The van der Waals surface area contributed by atoms with Crippen molar-refractivity contribution < 1.29 is 24.4 Å². The van der Waals surface area contributed by atoms with Crippen LogP contribution in [0.2, 0.25) is 0 Å². The van der Waals surface area contributed by atoms with Gasteiger partial charge in [0.2, 0.25) is 0 Å². The zero-order valence-electron chi connectivity index (χ0n) is 19.5. The summed E-state index contributed by atoms with van der Waals surface area (Å²) >= 11 is 0. The Bertz CT molecular complexity index is 1240. The molecule has 1 saturated heterocycles. The number of nitro benzene ring substituents is 1. The fourth-order valence-electron chi connectivity index (χ4n) is 3.99. The predicted molar refractivity (Wildman–Crippen MR) is 135 cm³/mol. The van der Waals surface area contributed by atoms with Crippen molar-refractivity contribution in [1.82, 2.24) is 4.90 Å². The molecule has 186 valence electrons. The molecule has 3 aromatic carbocycles. The number of nitrogens with zero attached hydrogens (tertiary/aromatic N) is 3. The molecule has 0 aromatic heterocycles. The molecule has 0 amide bonds. The van der Waals surface area contributed by atoms with E-state index in [4.69, 9.17) is 9.84 Å². The van der Waals surface area contributed by atoms with Gasteiger partial charge in [-0.2, -0.15) is 0 Å². The maximum absolute atomic E-state index is 12.2. The summed E-state index contributed by atoms with van der Waals surface area (Å²) in [7, 11) is 0. The summed E-state index contributed by atoms with van der Waals surface area (Å²) < 4.78 is 5.38. The average Bonchev–Trinajstić information content (AvgIpc) is 2.88. The lowest BCUT2D eigenvalue weighted by Gasteiger charge is -2.35. The maximum atomic E-state index is 12.2. The lowest BCUT2D eigenvalue weighted by molar-refractivity contribution is -0.383. The Morgan fingerprint density at radius 2 is 1.72 bits per heavy atom. The smallest absolute Gasteiger partial charge is 0.335 e. The van der Waals surface area contributed by atoms with Crippen molar-refractivity contribution in [2.45, 2.75) is 6.61 Å². The lowest BCUT2D eigenvalue weighted by atomic mass is 10.1. The number of nitro groups is 1. The molecule has 0 saturated carbocycles. The number of carboxylic acids is 1. The molecule has 2 N–H and O–H groups in total. The number of carbonyl (C=O) groups is 2. The molecule has 0 atom stereocenters. The third-order valence-corrected chi connectivity index (χ3v) is 5.90. The summed E-state index contributed by atoms with van der Waals surface area (Å²) in [6.07, 6.45) is 0. The van der Waals surface area contributed by atoms with Gasteiger partial charge in [0, 0.05) is 43.6 Å². The zero-order valence-corrected chi connectivity index (χ0v) is 19.5. The van der Waals surface area contributed by atoms with E-state index in [1.54, 1.807) is 6.07 Å². The molecule has 0 spiro atoms. The Balaban J connectivity index is 1.33. The Labute approximate surface area is 207 Å². The predicted octanol–water partition coefficient (Wildman–Crippen LogP) is 3.90. The van der Waals surface area contributed by atoms with E-state index in [-0.39, 0.29) is 36.1 Å². The van der Waals surface area contributed by atoms with E-state index in [2.05, 4.69) is 15.1 Å². The van der Waals surface area contributed by atoms with E-state index < -0.39 is 10.9 Å². The number of ether oxygens (including phenoxy) is 1. The van der Waals surface area contributed by atoms with Gasteiger partial charge in [0.1, 0.15) is 12.3 Å². The second-order valence-corrected chi connectivity index (χ2v) is 8.38. The molecule has 1 aliphatic rings. The molecule has 4 rings (SSSR count). The summed E-state index contributed by atoms with van der Waals surface area (Å²) in [5.41, 5.74) is 2.28. The van der Waals surface area contributed by atoms with Crippen molar-refractivity contribution in [3.05, 3.63) is 94.0 Å². The number of aromatic carboxylic acids is 1. The van der Waals surface area contributed by atoms with Crippen LogP contribution < -0.4 is 10.2 Å². The molecule has 0 unspecified atom stereocenters. The van der Waals surface area contributed by atoms with Crippen LogP contribution in [0.15, 0.2) is 72.8 Å². The third-order valence-electron chi connectivity index (χ3n) is 5.90. The van der Waals surface area contributed by atoms with Crippen molar-refractivity contribution >= 4 is 34.7 Å². The van der Waals surface area contributed by atoms with Crippen LogP contribution in [-0.2, 0) is 16.1 Å². The number of anilines is 3. The minimum Gasteiger partial charge on any atom is -0.478 e. The first kappa shape index (κ1) is 24.7. The molecule has 10 heteroatoms. The van der Waals surface area contributed by atoms with Crippen LogP contribution in [0.25, 0.3) is 0 Å². The number of piperazine rings is 1. The van der Waals surface area contributed by atoms with Gasteiger partial charge < -0.3 is 20.1 Å². The summed E-state index contributed by atoms with van der Waals surface area (Å²) in [4.78, 5) is 38.5. The highest BCUT2D eigenvalue weighted by molar-refractivity contribution is 5.90. The van der Waals surface area contributed by atoms with Gasteiger partial charge in [0.15, 0.2) is 0 Å². The second-order valence-electron chi connectivity index (χ2n) is 8.38. The van der Waals surface area contributed by atoms with Gasteiger partial charge >= 0.3 is 11.9 Å². The number of carbonyl (C=O) groups excluding carboxylic acids is 1. The highest BCUT2D eigenvalue weighted by Crippen LogP contribution is 2.30. The number of nitrogens with one attached hydrogen (secondary N) is 1. The monoisotopic (exact) mass is 490 g/mol. The molecule has 0 aliphatic carbocycles. The molecule has 3 aromatic rings. The van der Waals surface area contributed by atoms with Crippen molar-refractivity contribution in [3.63, 3.8) is 0 Å². The topological polar surface area (TPSA) is 125 Å². The van der Waals surface area contributed by atoms with Gasteiger partial charge in [-0.3, -0.25) is 19.8 Å². The molecular weight excluding hydrogens is 464 g/mol. The Hall–Kier alpha value is -4.44. The molecule has 36 heavy (non-hydrogen) atoms. The quantitative estimate of drug-likeness (QED) is 0.261. The van der Waals surface area contributed by atoms with Gasteiger partial charge in [-0.15, -0.1) is 0 Å². The molecule has 10 nitrogen and oxygen atoms in total. The van der Waals surface area contributed by atoms with Gasteiger partial charge in [-0.25, -0.2) is 4.79 Å². The van der Waals surface area contributed by atoms with Crippen LogP contribution in [0.1, 0.15) is 15.9 Å². The Kier molecular flexibility index (Phi) is 7.76. The number of esters is 1. The van der Waals surface area contributed by atoms with Crippen LogP contribution in [0, 0.1) is 10.1 Å². The van der Waals surface area contributed by atoms with Crippen molar-refractivity contribution in [2.24, 2.45) is 0 Å². The third kappa shape index (κ3) is 6.36. The van der Waals surface area contributed by atoms with E-state index in [0.717, 1.165) is 17.3 Å². The van der Waals surface area contributed by atoms with E-state index in [9.17, 15) is 19.7 Å². The fourth-order valence-corrected chi connectivity index (χ4v) is 3.99. The van der Waals surface area contributed by atoms with E-state index in [0.29, 0.717) is 31.9 Å². The van der Waals surface area contributed by atoms with Crippen LogP contribution >= 0.6 is 0 Å². The van der Waals surface area contributed by atoms with Gasteiger partial charge in [0.05, 0.1) is 17.0 Å². The molecule has 1 fully saturated rings. The number of hydrogen-bond acceptors (Lipinski definition) is 8. The van der Waals surface area contributed by atoms with Crippen LogP contribution in [-0.4, -0.2) is 59.6 Å². The van der Waals surface area contributed by atoms with E-state index >= 15 is 0 Å². The second kappa shape index (κ2) is 11.3. The van der Waals surface area contributed by atoms with Crippen LogP contribution in [0.3, 0.4) is 0 Å². The van der Waals surface area contributed by atoms with Crippen molar-refractivity contribution in [1.29, 1.82) is 0 Å². The number of hydrogen-bond donors (Lipinski definition) is 2. The molecular formula is C26H26N4O6. The zero-order chi connectivity index (χ0) is 25.5. The molecule has 1 aliphatic heterocycles. The minimum atomic E-state index is -1.23. The lowest BCUT2D eigenvalue weighted by Crippen LogP contribution is -2.48. The Morgan fingerprint density at radius 1 is 0.972 bits per heavy atom. The van der Waals surface area contributed by atoms with Gasteiger partial charge in [-0.05, 0) is 35.9 Å². The van der Waals surface area contributed by atoms with E-state index in [1.165, 1.54) is 12.1 Å². The first-order chi connectivity index (χ1) is 17.4. The SMILES string of the molecule is O=C(CN1CCN(c2cccc(Nc3ccc(C(=O)O)cc3[N+](=O)[O-])c2)CC1)OCc1ccccc1. The normalized spacial score (nSPS) is 13.7. The van der Waals surface area contributed by atoms with Crippen molar-refractivity contribution in [2.75, 3.05) is 42.9 Å². The number of rotatable bonds is 9. The standard InChI is InChI=1S/C26H26N4O6/c31-25(36-18-19-5-2-1-3-6-19)17-28-11-13-29(14-12-28)22-8-4-7-21(16-22)27-23-10-9-20(26(32)33)15-24(23)30(34)35/h1-10,15-16,27H,11-14,17-18H2,(H,32,33). The van der Waals surface area contributed by atoms with Gasteiger partial charge in [0.25, 0.3) is 5.69 Å². The van der Waals surface area contributed by atoms with Gasteiger partial charge in [-0.1, -0.05) is 36.4 Å². The first-order valence-electron chi connectivity index (χ1n) is 11.4. The first-order valence-corrected chi connectivity index (χ1v) is 11.4. The summed E-state index contributed by atoms with van der Waals surface area (Å²) in [6.45, 7) is 3.31. The molecule has 0 bridgehead atoms. The summed E-state index contributed by atoms with van der Waals surface area (Å²) in [5, 5.41) is 23.6. The molecule has 0 radical (unpaired) electrons. The highest BCUT2D eigenvalue weighted by atomic mass is 16.6. The minimum absolute atomic E-state index is 0.150. The summed E-state index contributed by atoms with van der Waals surface area (Å²) in [5.74, 6) is -1.48. The average molecular weight is 491 g/mol. The largest absolute Gasteiger partial charge is 0.478 e. The maximum Gasteiger partial charge on any atom is 0.335 e. The van der Waals surface area contributed by atoms with Crippen LogP contribution in [0.5, 0.6) is 0 Å². The number of benzene rings is 3. The summed E-state index contributed by atoms with van der Waals surface area (Å²) in [6, 6.07) is 20.8.